The van der Waals surface area contributed by atoms with E-state index in [-0.39, 0.29) is 45.5 Å². The molecule has 2 aromatic carbocycles. The molecule has 41 heavy (non-hydrogen) atoms. The second kappa shape index (κ2) is 11.0. The summed E-state index contributed by atoms with van der Waals surface area (Å²) in [4.78, 5) is 59.9. The van der Waals surface area contributed by atoms with Crippen molar-refractivity contribution in [3.8, 4) is 11.4 Å². The van der Waals surface area contributed by atoms with Crippen LogP contribution in [0.25, 0.3) is 22.4 Å². The van der Waals surface area contributed by atoms with E-state index in [0.717, 1.165) is 24.3 Å². The fourth-order valence-corrected chi connectivity index (χ4v) is 5.92. The Bertz CT molecular complexity index is 1680. The van der Waals surface area contributed by atoms with Gasteiger partial charge in [0.15, 0.2) is 11.5 Å². The maximum Gasteiger partial charge on any atom is 0.416 e. The second-order valence-electron chi connectivity index (χ2n) is 9.12. The number of carbonyl (C=O) groups excluding carboxylic acids is 1. The smallest absolute Gasteiger partial charge is 0.346 e. The summed E-state index contributed by atoms with van der Waals surface area (Å²) >= 11 is 0. The Morgan fingerprint density at radius 3 is 2.17 bits per heavy atom. The number of fused-ring (bicyclic) bond motifs is 1. The average Bonchev–Trinajstić information content (AvgIpc) is 3.30. The number of amides is 1. The van der Waals surface area contributed by atoms with Crippen molar-refractivity contribution in [1.29, 1.82) is 0 Å². The van der Waals surface area contributed by atoms with E-state index < -0.39 is 38.4 Å². The van der Waals surface area contributed by atoms with Crippen LogP contribution >= 0.6 is 15.2 Å². The van der Waals surface area contributed by atoms with Crippen LogP contribution in [0.2, 0.25) is 0 Å². The first-order valence-electron chi connectivity index (χ1n) is 11.7. The molecule has 0 aliphatic rings. The highest BCUT2D eigenvalue weighted by atomic mass is 31.2. The van der Waals surface area contributed by atoms with Gasteiger partial charge in [-0.3, -0.25) is 13.9 Å². The van der Waals surface area contributed by atoms with E-state index in [0.29, 0.717) is 0 Å². The molecule has 0 unspecified atom stereocenters. The van der Waals surface area contributed by atoms with Gasteiger partial charge in [0.25, 0.3) is 5.91 Å². The van der Waals surface area contributed by atoms with Gasteiger partial charge in [-0.25, -0.2) is 14.6 Å². The molecule has 218 valence electrons. The van der Waals surface area contributed by atoms with Gasteiger partial charge in [-0.1, -0.05) is 12.1 Å². The summed E-state index contributed by atoms with van der Waals surface area (Å²) in [5, 5.41) is 8.95. The number of anilines is 2. The molecule has 0 aliphatic carbocycles. The van der Waals surface area contributed by atoms with Crippen molar-refractivity contribution in [3.05, 3.63) is 65.9 Å². The Morgan fingerprint density at radius 2 is 1.61 bits per heavy atom. The van der Waals surface area contributed by atoms with Gasteiger partial charge in [-0.15, -0.1) is 0 Å². The molecule has 4 aromatic rings. The third kappa shape index (κ3) is 6.81. The van der Waals surface area contributed by atoms with E-state index in [2.05, 4.69) is 25.7 Å². The Kier molecular flexibility index (Phi) is 8.11. The average molecular weight is 614 g/mol. The van der Waals surface area contributed by atoms with Crippen LogP contribution < -0.4 is 10.6 Å². The van der Waals surface area contributed by atoms with E-state index in [1.54, 1.807) is 13.8 Å². The largest absolute Gasteiger partial charge is 0.416 e. The number of rotatable bonds is 8. The summed E-state index contributed by atoms with van der Waals surface area (Å²) in [6.45, 7) is 3.56. The van der Waals surface area contributed by atoms with Crippen molar-refractivity contribution in [3.63, 3.8) is 0 Å². The first kappa shape index (κ1) is 30.3. The number of benzene rings is 2. The predicted octanol–water partition coefficient (Wildman–Crippen LogP) is 4.40. The summed E-state index contributed by atoms with van der Waals surface area (Å²) in [6.07, 6.45) is -3.26. The van der Waals surface area contributed by atoms with Gasteiger partial charge in [0.1, 0.15) is 5.82 Å². The zero-order valence-corrected chi connectivity index (χ0v) is 23.0. The van der Waals surface area contributed by atoms with Crippen LogP contribution in [-0.2, 0) is 15.3 Å². The van der Waals surface area contributed by atoms with Crippen LogP contribution in [0.15, 0.2) is 54.7 Å². The molecule has 6 N–H and O–H groups in total. The van der Waals surface area contributed by atoms with Gasteiger partial charge in [0.2, 0.25) is 5.52 Å². The van der Waals surface area contributed by atoms with E-state index in [1.165, 1.54) is 35.1 Å². The van der Waals surface area contributed by atoms with Crippen molar-refractivity contribution < 1.29 is 46.7 Å². The summed E-state index contributed by atoms with van der Waals surface area (Å²) < 4.78 is 63.7. The van der Waals surface area contributed by atoms with Crippen LogP contribution in [0.1, 0.15) is 35.8 Å². The van der Waals surface area contributed by atoms with Gasteiger partial charge in [-0.05, 0) is 50.2 Å². The highest BCUT2D eigenvalue weighted by molar-refractivity contribution is 7.71. The molecule has 2 aromatic heterocycles. The topological polar surface area (TPSA) is 200 Å². The molecular weight excluding hydrogens is 591 g/mol. The minimum atomic E-state index is -5.38. The van der Waals surface area contributed by atoms with Crippen molar-refractivity contribution in [1.82, 2.24) is 19.7 Å². The van der Waals surface area contributed by atoms with Crippen molar-refractivity contribution in [2.75, 3.05) is 10.6 Å². The maximum atomic E-state index is 12.9. The number of nitrogens with one attached hydrogen (secondary N) is 2. The number of hydrogen-bond donors (Lipinski definition) is 6. The summed E-state index contributed by atoms with van der Waals surface area (Å²) in [7, 11) is -10.8. The minimum Gasteiger partial charge on any atom is -0.346 e. The summed E-state index contributed by atoms with van der Waals surface area (Å²) in [6, 6.07) is 9.39. The number of aromatic nitrogens is 4. The minimum absolute atomic E-state index is 0.0706. The number of nitrogens with zero attached hydrogens (tertiary/aromatic N) is 4. The molecular formula is C23H23F3N6O7P2. The first-order chi connectivity index (χ1) is 18.9. The van der Waals surface area contributed by atoms with Crippen molar-refractivity contribution in [2.45, 2.75) is 31.6 Å². The third-order valence-corrected chi connectivity index (χ3v) is 9.04. The second-order valence-corrected chi connectivity index (χ2v) is 12.9. The molecule has 13 nitrogen and oxygen atoms in total. The van der Waals surface area contributed by atoms with Crippen LogP contribution in [0, 0.1) is 0 Å². The lowest BCUT2D eigenvalue weighted by Gasteiger charge is -2.21. The first-order valence-corrected chi connectivity index (χ1v) is 15.0. The fourth-order valence-electron chi connectivity index (χ4n) is 3.77. The number of hydrogen-bond acceptors (Lipinski definition) is 7. The lowest BCUT2D eigenvalue weighted by Crippen LogP contribution is -2.21. The van der Waals surface area contributed by atoms with E-state index >= 15 is 0 Å². The van der Waals surface area contributed by atoms with Crippen molar-refractivity contribution >= 4 is 43.6 Å². The predicted molar refractivity (Wildman–Crippen MR) is 142 cm³/mol. The fraction of sp³-hybridized carbons (Fsp3) is 0.217. The molecule has 0 saturated carbocycles. The van der Waals surface area contributed by atoms with Gasteiger partial charge in [-0.2, -0.15) is 18.3 Å². The van der Waals surface area contributed by atoms with E-state index in [9.17, 15) is 46.7 Å². The third-order valence-electron chi connectivity index (χ3n) is 5.70. The molecule has 18 heteroatoms. The Balaban J connectivity index is 1.74. The molecule has 0 fully saturated rings. The Hall–Kier alpha value is -3.65. The molecule has 1 amide bonds. The molecule has 0 bridgehead atoms. The van der Waals surface area contributed by atoms with Crippen LogP contribution in [0.5, 0.6) is 0 Å². The Labute approximate surface area is 229 Å². The maximum absolute atomic E-state index is 12.9. The SMILES string of the molecule is CC(C)n1ncc2c(NC(P(=O)(O)O)P(=O)(O)O)nc(-c3cccc(C(=O)Nc4ccc(C(F)(F)F)cc4)c3)nc21. The van der Waals surface area contributed by atoms with E-state index in [1.807, 2.05) is 0 Å². The van der Waals surface area contributed by atoms with Crippen molar-refractivity contribution in [2.24, 2.45) is 0 Å². The molecule has 0 spiro atoms. The highest BCUT2D eigenvalue weighted by Gasteiger charge is 2.44. The van der Waals surface area contributed by atoms with Crippen LogP contribution in [-0.4, -0.2) is 50.8 Å². The molecule has 2 heterocycles. The zero-order valence-electron chi connectivity index (χ0n) is 21.2. The monoisotopic (exact) mass is 614 g/mol. The zero-order chi connectivity index (χ0) is 30.3. The molecule has 0 atom stereocenters. The normalized spacial score (nSPS) is 12.8. The lowest BCUT2D eigenvalue weighted by molar-refractivity contribution is -0.137. The number of carbonyl (C=O) groups is 1. The van der Waals surface area contributed by atoms with Gasteiger partial charge in [0.05, 0.1) is 17.1 Å². The Morgan fingerprint density at radius 1 is 0.976 bits per heavy atom. The quantitative estimate of drug-likeness (QED) is 0.154. The number of halogens is 3. The van der Waals surface area contributed by atoms with E-state index in [4.69, 9.17) is 0 Å². The molecule has 0 saturated heterocycles. The highest BCUT2D eigenvalue weighted by Crippen LogP contribution is 2.59. The van der Waals surface area contributed by atoms with Gasteiger partial charge in [0, 0.05) is 22.9 Å². The van der Waals surface area contributed by atoms with Gasteiger partial charge >= 0.3 is 21.4 Å². The standard InChI is InChI=1S/C23H23F3N6O7P2/c1-12(2)32-20-17(11-27-32)19(31-22(40(34,35)36)41(37,38)39)29-18(30-20)13-4-3-5-14(10-13)21(33)28-16-8-6-15(7-9-16)23(24,25)26/h3-12,22H,1-2H3,(H,28,33)(H,29,30,31)(H2,34,35,36)(H2,37,38,39). The van der Waals surface area contributed by atoms with Gasteiger partial charge < -0.3 is 30.2 Å². The lowest BCUT2D eigenvalue weighted by atomic mass is 10.1. The number of alkyl halides is 3. The van der Waals surface area contributed by atoms with Crippen LogP contribution in [0.3, 0.4) is 0 Å². The molecule has 4 rings (SSSR count). The van der Waals surface area contributed by atoms with Crippen LogP contribution in [0.4, 0.5) is 24.7 Å². The molecule has 0 radical (unpaired) electrons. The molecule has 0 aliphatic heterocycles. The summed E-state index contributed by atoms with van der Waals surface area (Å²) in [5.41, 5.74) is -2.91. The summed E-state index contributed by atoms with van der Waals surface area (Å²) in [5.74, 6) is -1.07.